The topological polar surface area (TPSA) is 98.7 Å². The van der Waals surface area contributed by atoms with Crippen LogP contribution in [0.4, 0.5) is 4.79 Å². The number of nitrogens with one attached hydrogen (secondary N) is 2. The highest BCUT2D eigenvalue weighted by Gasteiger charge is 2.23. The molecular weight excluding hydrogens is 262 g/mol. The van der Waals surface area contributed by atoms with Crippen LogP contribution in [0.3, 0.4) is 0 Å². The number of hydrogen-bond acceptors (Lipinski definition) is 3. The summed E-state index contributed by atoms with van der Waals surface area (Å²) in [6, 6.07) is -1.28. The molecule has 1 atom stereocenters. The summed E-state index contributed by atoms with van der Waals surface area (Å²) in [5.41, 5.74) is -0.389. The monoisotopic (exact) mass is 287 g/mol. The zero-order chi connectivity index (χ0) is 15.9. The Morgan fingerprint density at radius 1 is 1.25 bits per heavy atom. The third kappa shape index (κ3) is 7.60. The largest absolute Gasteiger partial charge is 0.480 e. The number of carboxylic acid groups (broad SMARTS) is 1. The maximum Gasteiger partial charge on any atom is 0.323 e. The fraction of sp³-hybridized carbons (Fsp3) is 0.769. The summed E-state index contributed by atoms with van der Waals surface area (Å²) in [7, 11) is 0. The molecule has 3 N–H and O–H groups in total. The summed E-state index contributed by atoms with van der Waals surface area (Å²) in [6.45, 7) is 8.87. The fourth-order valence-electron chi connectivity index (χ4n) is 1.51. The molecule has 0 bridgehead atoms. The van der Waals surface area contributed by atoms with Gasteiger partial charge in [0.2, 0.25) is 5.91 Å². The van der Waals surface area contributed by atoms with Crippen molar-refractivity contribution >= 4 is 17.9 Å². The average molecular weight is 287 g/mol. The predicted octanol–water partition coefficient (Wildman–Crippen LogP) is 0.796. The van der Waals surface area contributed by atoms with E-state index in [1.807, 2.05) is 27.7 Å². The zero-order valence-corrected chi connectivity index (χ0v) is 12.8. The van der Waals surface area contributed by atoms with Crippen molar-refractivity contribution in [3.05, 3.63) is 0 Å². The lowest BCUT2D eigenvalue weighted by Crippen LogP contribution is -2.54. The normalized spacial score (nSPS) is 12.4. The third-order valence-electron chi connectivity index (χ3n) is 2.34. The zero-order valence-electron chi connectivity index (χ0n) is 12.8. The van der Waals surface area contributed by atoms with E-state index in [1.54, 1.807) is 6.92 Å². The molecule has 3 amide bonds. The van der Waals surface area contributed by atoms with Crippen LogP contribution in [0.1, 0.15) is 41.0 Å². The first-order valence-electron chi connectivity index (χ1n) is 6.66. The van der Waals surface area contributed by atoms with Gasteiger partial charge in [0.1, 0.15) is 12.6 Å². The summed E-state index contributed by atoms with van der Waals surface area (Å²) >= 11 is 0. The minimum Gasteiger partial charge on any atom is -0.480 e. The highest BCUT2D eigenvalue weighted by molar-refractivity contribution is 5.88. The Morgan fingerprint density at radius 3 is 2.20 bits per heavy atom. The highest BCUT2D eigenvalue weighted by Crippen LogP contribution is 2.00. The van der Waals surface area contributed by atoms with Crippen molar-refractivity contribution in [2.24, 2.45) is 0 Å². The van der Waals surface area contributed by atoms with Gasteiger partial charge in [-0.25, -0.2) is 4.79 Å². The van der Waals surface area contributed by atoms with Crippen molar-refractivity contribution in [1.82, 2.24) is 15.5 Å². The summed E-state index contributed by atoms with van der Waals surface area (Å²) in [6.07, 6.45) is 0.642. The van der Waals surface area contributed by atoms with E-state index in [4.69, 9.17) is 5.11 Å². The van der Waals surface area contributed by atoms with Crippen LogP contribution in [0.2, 0.25) is 0 Å². The summed E-state index contributed by atoms with van der Waals surface area (Å²) < 4.78 is 0. The van der Waals surface area contributed by atoms with Gasteiger partial charge < -0.3 is 20.6 Å². The van der Waals surface area contributed by atoms with Gasteiger partial charge in [-0.05, 0) is 34.1 Å². The lowest BCUT2D eigenvalue weighted by atomic mass is 10.1. The highest BCUT2D eigenvalue weighted by atomic mass is 16.4. The first kappa shape index (κ1) is 18.2. The Morgan fingerprint density at radius 2 is 1.80 bits per heavy atom. The molecule has 1 unspecified atom stereocenters. The third-order valence-corrected chi connectivity index (χ3v) is 2.34. The smallest absolute Gasteiger partial charge is 0.323 e. The molecule has 7 heteroatoms. The molecule has 0 aliphatic rings. The molecule has 0 aliphatic heterocycles. The molecule has 0 heterocycles. The quantitative estimate of drug-likeness (QED) is 0.672. The first-order valence-corrected chi connectivity index (χ1v) is 6.66. The molecule has 0 spiro atoms. The van der Waals surface area contributed by atoms with E-state index >= 15 is 0 Å². The van der Waals surface area contributed by atoms with Crippen LogP contribution < -0.4 is 10.6 Å². The Balaban J connectivity index is 4.54. The lowest BCUT2D eigenvalue weighted by Gasteiger charge is -2.26. The van der Waals surface area contributed by atoms with Crippen molar-refractivity contribution in [2.45, 2.75) is 52.6 Å². The number of carbonyl (C=O) groups is 3. The van der Waals surface area contributed by atoms with Gasteiger partial charge in [-0.3, -0.25) is 9.59 Å². The number of aliphatic carboxylic acids is 1. The van der Waals surface area contributed by atoms with E-state index < -0.39 is 18.0 Å². The van der Waals surface area contributed by atoms with Crippen LogP contribution in [0.25, 0.3) is 0 Å². The van der Waals surface area contributed by atoms with E-state index in [0.29, 0.717) is 13.0 Å². The Hall–Kier alpha value is -1.79. The standard InChI is InChI=1S/C13H25N3O4/c1-6-7-16(8-10(17)18)12(20)14-9(2)11(19)15-13(3,4)5/h9H,6-8H2,1-5H3,(H,14,20)(H,15,19)(H,17,18). The van der Waals surface area contributed by atoms with Gasteiger partial charge in [0.05, 0.1) is 0 Å². The van der Waals surface area contributed by atoms with Crippen LogP contribution in [0.5, 0.6) is 0 Å². The van der Waals surface area contributed by atoms with Gasteiger partial charge in [0.15, 0.2) is 0 Å². The van der Waals surface area contributed by atoms with Crippen LogP contribution in [-0.2, 0) is 9.59 Å². The predicted molar refractivity (Wildman–Crippen MR) is 75.4 cm³/mol. The van der Waals surface area contributed by atoms with E-state index in [9.17, 15) is 14.4 Å². The van der Waals surface area contributed by atoms with Crippen molar-refractivity contribution < 1.29 is 19.5 Å². The second-order valence-electron chi connectivity index (χ2n) is 5.73. The van der Waals surface area contributed by atoms with Gasteiger partial charge in [-0.2, -0.15) is 0 Å². The molecule has 0 aromatic rings. The van der Waals surface area contributed by atoms with E-state index in [2.05, 4.69) is 10.6 Å². The van der Waals surface area contributed by atoms with Gasteiger partial charge in [0, 0.05) is 12.1 Å². The number of amides is 3. The van der Waals surface area contributed by atoms with Gasteiger partial charge in [-0.1, -0.05) is 6.92 Å². The molecule has 7 nitrogen and oxygen atoms in total. The molecule has 0 fully saturated rings. The summed E-state index contributed by atoms with van der Waals surface area (Å²) in [4.78, 5) is 35.6. The second kappa shape index (κ2) is 7.72. The van der Waals surface area contributed by atoms with Crippen LogP contribution >= 0.6 is 0 Å². The SMILES string of the molecule is CCCN(CC(=O)O)C(=O)NC(C)C(=O)NC(C)(C)C. The van der Waals surface area contributed by atoms with Gasteiger partial charge in [0.25, 0.3) is 0 Å². The van der Waals surface area contributed by atoms with Crippen LogP contribution in [0, 0.1) is 0 Å². The van der Waals surface area contributed by atoms with Crippen molar-refractivity contribution in [3.8, 4) is 0 Å². The Bertz CT molecular complexity index is 363. The lowest BCUT2D eigenvalue weighted by molar-refractivity contribution is -0.137. The molecule has 0 aliphatic carbocycles. The number of rotatable bonds is 6. The van der Waals surface area contributed by atoms with Crippen LogP contribution in [-0.4, -0.2) is 52.6 Å². The maximum atomic E-state index is 11.9. The van der Waals surface area contributed by atoms with E-state index in [-0.39, 0.29) is 18.0 Å². The van der Waals surface area contributed by atoms with Crippen molar-refractivity contribution in [3.63, 3.8) is 0 Å². The molecule has 0 aromatic carbocycles. The summed E-state index contributed by atoms with van der Waals surface area (Å²) in [5, 5.41) is 14.0. The number of hydrogen-bond donors (Lipinski definition) is 3. The number of carbonyl (C=O) groups excluding carboxylic acids is 2. The number of carboxylic acids is 1. The van der Waals surface area contributed by atoms with Gasteiger partial charge in [-0.15, -0.1) is 0 Å². The maximum absolute atomic E-state index is 11.9. The molecule has 0 aromatic heterocycles. The second-order valence-corrected chi connectivity index (χ2v) is 5.73. The fourth-order valence-corrected chi connectivity index (χ4v) is 1.51. The minimum absolute atomic E-state index is 0.308. The Kier molecular flexibility index (Phi) is 7.02. The van der Waals surface area contributed by atoms with Crippen molar-refractivity contribution in [1.29, 1.82) is 0 Å². The molecule has 116 valence electrons. The Labute approximate surface area is 119 Å². The minimum atomic E-state index is -1.08. The summed E-state index contributed by atoms with van der Waals surface area (Å²) in [5.74, 6) is -1.39. The van der Waals surface area contributed by atoms with E-state index in [1.165, 1.54) is 4.90 Å². The molecule has 0 saturated carbocycles. The average Bonchev–Trinajstić information content (AvgIpc) is 2.25. The number of urea groups is 1. The van der Waals surface area contributed by atoms with Crippen molar-refractivity contribution in [2.75, 3.05) is 13.1 Å². The number of nitrogens with zero attached hydrogens (tertiary/aromatic N) is 1. The van der Waals surface area contributed by atoms with Gasteiger partial charge >= 0.3 is 12.0 Å². The molecular formula is C13H25N3O4. The first-order chi connectivity index (χ1) is 9.06. The molecule has 0 rings (SSSR count). The molecule has 0 radical (unpaired) electrons. The van der Waals surface area contributed by atoms with Crippen LogP contribution in [0.15, 0.2) is 0 Å². The van der Waals surface area contributed by atoms with E-state index in [0.717, 1.165) is 0 Å². The molecule has 0 saturated heterocycles. The molecule has 20 heavy (non-hydrogen) atoms.